The first-order valence-corrected chi connectivity index (χ1v) is 7.63. The minimum Gasteiger partial charge on any atom is -0.454 e. The van der Waals surface area contributed by atoms with E-state index < -0.39 is 6.36 Å². The number of aryl methyl sites for hydroxylation is 1. The van der Waals surface area contributed by atoms with E-state index in [2.05, 4.69) is 14.8 Å². The van der Waals surface area contributed by atoms with E-state index >= 15 is 0 Å². The first kappa shape index (κ1) is 16.2. The van der Waals surface area contributed by atoms with Crippen LogP contribution in [0.25, 0.3) is 33.6 Å². The Hall–Kier alpha value is -3.29. The van der Waals surface area contributed by atoms with Crippen LogP contribution in [-0.2, 0) is 7.05 Å². The molecule has 0 amide bonds. The fourth-order valence-corrected chi connectivity index (χ4v) is 2.69. The molecule has 5 nitrogen and oxygen atoms in total. The molecule has 8 heteroatoms. The number of pyridine rings is 1. The maximum Gasteiger partial charge on any atom is 0.573 e. The molecule has 3 heterocycles. The molecule has 1 aromatic carbocycles. The molecular formula is C18H12F3N3O2. The van der Waals surface area contributed by atoms with Crippen LogP contribution < -0.4 is 4.74 Å². The molecular weight excluding hydrogens is 347 g/mol. The van der Waals surface area contributed by atoms with E-state index in [0.717, 1.165) is 11.1 Å². The average Bonchev–Trinajstić information content (AvgIpc) is 3.20. The summed E-state index contributed by atoms with van der Waals surface area (Å²) in [7, 11) is 1.82. The van der Waals surface area contributed by atoms with Gasteiger partial charge in [0.05, 0.1) is 6.20 Å². The maximum atomic E-state index is 12.3. The molecule has 0 saturated carbocycles. The fraction of sp³-hybridized carbons (Fsp3) is 0.111. The van der Waals surface area contributed by atoms with Gasteiger partial charge in [0.25, 0.3) is 0 Å². The van der Waals surface area contributed by atoms with Gasteiger partial charge in [0.1, 0.15) is 17.0 Å². The highest BCUT2D eigenvalue weighted by atomic mass is 19.4. The van der Waals surface area contributed by atoms with Gasteiger partial charge in [-0.2, -0.15) is 5.10 Å². The van der Waals surface area contributed by atoms with E-state index in [0.29, 0.717) is 22.4 Å². The second kappa shape index (κ2) is 5.91. The Kier molecular flexibility index (Phi) is 3.68. The highest BCUT2D eigenvalue weighted by Crippen LogP contribution is 2.34. The van der Waals surface area contributed by atoms with Gasteiger partial charge in [-0.25, -0.2) is 0 Å². The van der Waals surface area contributed by atoms with Crippen LogP contribution in [-0.4, -0.2) is 21.1 Å². The minimum absolute atomic E-state index is 0.286. The number of hydrogen-bond donors (Lipinski definition) is 0. The predicted octanol–water partition coefficient (Wildman–Crippen LogP) is 4.79. The Bertz CT molecular complexity index is 1070. The predicted molar refractivity (Wildman–Crippen MR) is 88.3 cm³/mol. The van der Waals surface area contributed by atoms with Gasteiger partial charge in [0.15, 0.2) is 5.58 Å². The molecule has 3 aromatic heterocycles. The molecule has 132 valence electrons. The molecule has 4 rings (SSSR count). The lowest BCUT2D eigenvalue weighted by atomic mass is 10.1. The van der Waals surface area contributed by atoms with Crippen LogP contribution in [0.4, 0.5) is 13.2 Å². The number of benzene rings is 1. The second-order valence-electron chi connectivity index (χ2n) is 5.66. The number of rotatable bonds is 3. The largest absolute Gasteiger partial charge is 0.573 e. The molecule has 0 spiro atoms. The summed E-state index contributed by atoms with van der Waals surface area (Å²) in [5, 5.41) is 4.15. The van der Waals surface area contributed by atoms with Gasteiger partial charge < -0.3 is 9.15 Å². The van der Waals surface area contributed by atoms with Gasteiger partial charge in [-0.05, 0) is 30.3 Å². The molecule has 0 radical (unpaired) electrons. The lowest BCUT2D eigenvalue weighted by Crippen LogP contribution is -2.16. The van der Waals surface area contributed by atoms with Gasteiger partial charge in [0.2, 0.25) is 0 Å². The number of alkyl halides is 3. The van der Waals surface area contributed by atoms with Crippen molar-refractivity contribution in [3.8, 4) is 28.2 Å². The van der Waals surface area contributed by atoms with Crippen molar-refractivity contribution in [2.45, 2.75) is 6.36 Å². The van der Waals surface area contributed by atoms with E-state index in [1.54, 1.807) is 23.1 Å². The Morgan fingerprint density at radius 3 is 2.50 bits per heavy atom. The minimum atomic E-state index is -4.72. The second-order valence-corrected chi connectivity index (χ2v) is 5.66. The summed E-state index contributed by atoms with van der Waals surface area (Å²) < 4.78 is 48.3. The summed E-state index contributed by atoms with van der Waals surface area (Å²) in [6.45, 7) is 0. The molecule has 4 aromatic rings. The molecule has 0 aliphatic rings. The standard InChI is InChI=1S/C18H12F3N3O2/c1-24-10-12(9-23-24)14-6-7-22-15-8-16(25-17(14)15)11-2-4-13(5-3-11)26-18(19,20)21/h2-10H,1H3. The Morgan fingerprint density at radius 1 is 1.08 bits per heavy atom. The van der Waals surface area contributed by atoms with Crippen molar-refractivity contribution in [3.05, 3.63) is 55.0 Å². The third-order valence-corrected chi connectivity index (χ3v) is 3.80. The molecule has 0 unspecified atom stereocenters. The lowest BCUT2D eigenvalue weighted by molar-refractivity contribution is -0.274. The number of fused-ring (bicyclic) bond motifs is 1. The number of halogens is 3. The van der Waals surface area contributed by atoms with E-state index in [-0.39, 0.29) is 5.75 Å². The smallest absolute Gasteiger partial charge is 0.454 e. The SMILES string of the molecule is Cn1cc(-c2ccnc3cc(-c4ccc(OC(F)(F)F)cc4)oc23)cn1. The highest BCUT2D eigenvalue weighted by Gasteiger charge is 2.31. The van der Waals surface area contributed by atoms with Crippen LogP contribution in [0.5, 0.6) is 5.75 Å². The molecule has 26 heavy (non-hydrogen) atoms. The fourth-order valence-electron chi connectivity index (χ4n) is 2.69. The molecule has 0 aliphatic heterocycles. The van der Waals surface area contributed by atoms with Crippen molar-refractivity contribution in [2.24, 2.45) is 7.05 Å². The maximum absolute atomic E-state index is 12.3. The van der Waals surface area contributed by atoms with E-state index in [1.807, 2.05) is 19.3 Å². The first-order chi connectivity index (χ1) is 12.4. The van der Waals surface area contributed by atoms with Crippen molar-refractivity contribution in [2.75, 3.05) is 0 Å². The zero-order valence-corrected chi connectivity index (χ0v) is 13.5. The number of aromatic nitrogens is 3. The molecule has 0 saturated heterocycles. The van der Waals surface area contributed by atoms with Gasteiger partial charge >= 0.3 is 6.36 Å². The van der Waals surface area contributed by atoms with Gasteiger partial charge in [-0.1, -0.05) is 0 Å². The van der Waals surface area contributed by atoms with Crippen LogP contribution in [0, 0.1) is 0 Å². The molecule has 0 aliphatic carbocycles. The first-order valence-electron chi connectivity index (χ1n) is 7.63. The third-order valence-electron chi connectivity index (χ3n) is 3.80. The summed E-state index contributed by atoms with van der Waals surface area (Å²) in [6.07, 6.45) is 0.536. The number of ether oxygens (including phenoxy) is 1. The van der Waals surface area contributed by atoms with Crippen LogP contribution in [0.15, 0.2) is 59.4 Å². The summed E-state index contributed by atoms with van der Waals surface area (Å²) in [4.78, 5) is 4.29. The lowest BCUT2D eigenvalue weighted by Gasteiger charge is -2.08. The summed E-state index contributed by atoms with van der Waals surface area (Å²) in [5.41, 5.74) is 3.58. The van der Waals surface area contributed by atoms with Crippen LogP contribution in [0.2, 0.25) is 0 Å². The Morgan fingerprint density at radius 2 is 1.85 bits per heavy atom. The van der Waals surface area contributed by atoms with Crippen molar-refractivity contribution in [1.29, 1.82) is 0 Å². The number of nitrogens with zero attached hydrogens (tertiary/aromatic N) is 3. The zero-order valence-electron chi connectivity index (χ0n) is 13.5. The van der Waals surface area contributed by atoms with Crippen molar-refractivity contribution < 1.29 is 22.3 Å². The summed E-state index contributed by atoms with van der Waals surface area (Å²) >= 11 is 0. The van der Waals surface area contributed by atoms with Gasteiger partial charge in [-0.3, -0.25) is 9.67 Å². The number of furan rings is 1. The van der Waals surface area contributed by atoms with Crippen molar-refractivity contribution >= 4 is 11.1 Å². The monoisotopic (exact) mass is 359 g/mol. The van der Waals surface area contributed by atoms with Crippen LogP contribution in [0.1, 0.15) is 0 Å². The van der Waals surface area contributed by atoms with E-state index in [4.69, 9.17) is 4.42 Å². The Labute approximate surface area is 145 Å². The molecule has 0 bridgehead atoms. The van der Waals surface area contributed by atoms with E-state index in [1.165, 1.54) is 24.3 Å². The summed E-state index contributed by atoms with van der Waals surface area (Å²) in [6, 6.07) is 9.06. The molecule has 0 atom stereocenters. The van der Waals surface area contributed by atoms with E-state index in [9.17, 15) is 13.2 Å². The Balaban J connectivity index is 1.72. The average molecular weight is 359 g/mol. The third kappa shape index (κ3) is 3.13. The topological polar surface area (TPSA) is 53.1 Å². The normalized spacial score (nSPS) is 11.8. The van der Waals surface area contributed by atoms with Crippen LogP contribution in [0.3, 0.4) is 0 Å². The quantitative estimate of drug-likeness (QED) is 0.528. The van der Waals surface area contributed by atoms with Gasteiger partial charge in [0, 0.05) is 42.2 Å². The zero-order chi connectivity index (χ0) is 18.3. The molecule has 0 fully saturated rings. The van der Waals surface area contributed by atoms with Crippen LogP contribution >= 0.6 is 0 Å². The van der Waals surface area contributed by atoms with Gasteiger partial charge in [-0.15, -0.1) is 13.2 Å². The van der Waals surface area contributed by atoms with Crippen molar-refractivity contribution in [1.82, 2.24) is 14.8 Å². The summed E-state index contributed by atoms with van der Waals surface area (Å²) in [5.74, 6) is 0.217. The number of hydrogen-bond acceptors (Lipinski definition) is 4. The molecule has 0 N–H and O–H groups in total. The van der Waals surface area contributed by atoms with Crippen molar-refractivity contribution in [3.63, 3.8) is 0 Å². The highest BCUT2D eigenvalue weighted by molar-refractivity contribution is 5.92.